The number of hydrogen-bond acceptors (Lipinski definition) is 5. The second-order valence-corrected chi connectivity index (χ2v) is 10.7. The van der Waals surface area contributed by atoms with E-state index < -0.39 is 0 Å². The van der Waals surface area contributed by atoms with Crippen LogP contribution in [0.3, 0.4) is 0 Å². The fraction of sp³-hybridized carbons (Fsp3) is 0.419. The smallest absolute Gasteiger partial charge is 0.254 e. The summed E-state index contributed by atoms with van der Waals surface area (Å²) >= 11 is 0. The fourth-order valence-electron chi connectivity index (χ4n) is 5.94. The highest BCUT2D eigenvalue weighted by Gasteiger charge is 2.37. The Labute approximate surface area is 224 Å². The number of halogens is 1. The molecule has 6 nitrogen and oxygen atoms in total. The second kappa shape index (κ2) is 11.9. The minimum Gasteiger partial charge on any atom is -0.492 e. The van der Waals surface area contributed by atoms with Crippen LogP contribution in [-0.4, -0.2) is 53.5 Å². The Morgan fingerprint density at radius 3 is 2.61 bits per heavy atom. The first kappa shape index (κ1) is 26.2. The van der Waals surface area contributed by atoms with Crippen LogP contribution in [0.15, 0.2) is 66.9 Å². The Morgan fingerprint density at radius 1 is 1.00 bits per heavy atom. The van der Waals surface area contributed by atoms with Crippen molar-refractivity contribution in [3.63, 3.8) is 0 Å². The van der Waals surface area contributed by atoms with E-state index in [2.05, 4.69) is 22.0 Å². The van der Waals surface area contributed by atoms with Crippen LogP contribution in [-0.2, 0) is 13.0 Å². The van der Waals surface area contributed by atoms with E-state index in [9.17, 15) is 9.18 Å². The number of rotatable bonds is 3. The maximum atomic E-state index is 14.6. The molecule has 38 heavy (non-hydrogen) atoms. The van der Waals surface area contributed by atoms with Crippen LogP contribution in [0.2, 0.25) is 0 Å². The van der Waals surface area contributed by atoms with Crippen molar-refractivity contribution in [3.8, 4) is 5.75 Å². The number of likely N-dealkylation sites (tertiary alicyclic amines) is 1. The minimum atomic E-state index is -0.170. The van der Waals surface area contributed by atoms with Gasteiger partial charge in [-0.2, -0.15) is 0 Å². The number of hydrogen-bond donors (Lipinski definition) is 1. The lowest BCUT2D eigenvalue weighted by atomic mass is 9.73. The van der Waals surface area contributed by atoms with E-state index in [1.54, 1.807) is 24.4 Å². The van der Waals surface area contributed by atoms with Crippen molar-refractivity contribution in [1.82, 2.24) is 14.8 Å². The molecule has 0 saturated carbocycles. The summed E-state index contributed by atoms with van der Waals surface area (Å²) in [6.45, 7) is 4.07. The molecule has 2 aliphatic heterocycles. The Bertz CT molecular complexity index is 1240. The summed E-state index contributed by atoms with van der Waals surface area (Å²) in [7, 11) is 0. The Balaban J connectivity index is 1.34. The van der Waals surface area contributed by atoms with Crippen molar-refractivity contribution in [2.75, 3.05) is 38.5 Å². The van der Waals surface area contributed by atoms with Crippen molar-refractivity contribution in [2.24, 2.45) is 5.41 Å². The number of piperidine rings is 1. The number of carbonyl (C=O) groups excluding carboxylic acids is 1. The lowest BCUT2D eigenvalue weighted by molar-refractivity contribution is 0.0359. The largest absolute Gasteiger partial charge is 0.492 e. The first-order chi connectivity index (χ1) is 18.5. The number of aromatic nitrogens is 1. The molecule has 200 valence electrons. The molecule has 3 heterocycles. The number of ether oxygens (including phenoxy) is 1. The number of aryl methyl sites for hydroxylation is 1. The van der Waals surface area contributed by atoms with Crippen molar-refractivity contribution >= 4 is 11.7 Å². The van der Waals surface area contributed by atoms with Gasteiger partial charge >= 0.3 is 0 Å². The van der Waals surface area contributed by atoms with Gasteiger partial charge in [0, 0.05) is 50.0 Å². The number of amides is 1. The number of nitrogen functional groups attached to an aromatic ring is 1. The van der Waals surface area contributed by atoms with Gasteiger partial charge in [0.1, 0.15) is 24.0 Å². The van der Waals surface area contributed by atoms with Gasteiger partial charge < -0.3 is 15.4 Å². The molecule has 1 aromatic heterocycles. The molecule has 0 unspecified atom stereocenters. The van der Waals surface area contributed by atoms with Gasteiger partial charge in [-0.25, -0.2) is 9.37 Å². The first-order valence-corrected chi connectivity index (χ1v) is 13.7. The molecular formula is C31H37FN4O2. The third kappa shape index (κ3) is 6.33. The molecule has 2 aliphatic rings. The average molecular weight is 517 g/mol. The zero-order valence-corrected chi connectivity index (χ0v) is 21.9. The fourth-order valence-corrected chi connectivity index (χ4v) is 5.94. The standard InChI is InChI=1S/C31H37FN4O2/c32-27-10-3-1-9-26(27)22-35-19-20-38-28-11-4-2-7-24(28)8-5-6-13-31(23-35)14-17-36(18-15-31)30(37)25-12-16-34-29(33)21-25/h1-4,7,9-12,16,21H,5-6,8,13-15,17-20,22-23H2,(H2,33,34). The van der Waals surface area contributed by atoms with Gasteiger partial charge in [0.15, 0.2) is 0 Å². The number of benzene rings is 2. The van der Waals surface area contributed by atoms with Gasteiger partial charge in [0.2, 0.25) is 0 Å². The number of anilines is 1. The van der Waals surface area contributed by atoms with Gasteiger partial charge in [-0.1, -0.05) is 42.8 Å². The third-order valence-electron chi connectivity index (χ3n) is 8.09. The van der Waals surface area contributed by atoms with Crippen LogP contribution in [0.1, 0.15) is 53.6 Å². The van der Waals surface area contributed by atoms with Crippen molar-refractivity contribution < 1.29 is 13.9 Å². The molecule has 7 heteroatoms. The van der Waals surface area contributed by atoms with E-state index >= 15 is 0 Å². The summed E-state index contributed by atoms with van der Waals surface area (Å²) in [4.78, 5) is 21.5. The molecule has 0 radical (unpaired) electrons. The Kier molecular flexibility index (Phi) is 8.23. The number of nitrogens with zero attached hydrogens (tertiary/aromatic N) is 3. The summed E-state index contributed by atoms with van der Waals surface area (Å²) in [6, 6.07) is 18.7. The van der Waals surface area contributed by atoms with Crippen molar-refractivity contribution in [2.45, 2.75) is 45.1 Å². The normalized spacial score (nSPS) is 18.6. The molecule has 0 bridgehead atoms. The van der Waals surface area contributed by atoms with Crippen LogP contribution < -0.4 is 10.5 Å². The highest BCUT2D eigenvalue weighted by Crippen LogP contribution is 2.39. The molecule has 0 atom stereocenters. The highest BCUT2D eigenvalue weighted by atomic mass is 19.1. The second-order valence-electron chi connectivity index (χ2n) is 10.7. The minimum absolute atomic E-state index is 0.00956. The average Bonchev–Trinajstić information content (AvgIpc) is 2.92. The number of fused-ring (bicyclic) bond motifs is 1. The van der Waals surface area contributed by atoms with E-state index in [4.69, 9.17) is 10.5 Å². The summed E-state index contributed by atoms with van der Waals surface area (Å²) in [5.41, 5.74) is 8.43. The monoisotopic (exact) mass is 516 g/mol. The maximum absolute atomic E-state index is 14.6. The molecule has 1 saturated heterocycles. The zero-order chi connectivity index (χ0) is 26.4. The van der Waals surface area contributed by atoms with Crippen LogP contribution in [0, 0.1) is 11.2 Å². The van der Waals surface area contributed by atoms with E-state index in [1.807, 2.05) is 29.2 Å². The molecule has 1 spiro atoms. The van der Waals surface area contributed by atoms with Crippen LogP contribution >= 0.6 is 0 Å². The third-order valence-corrected chi connectivity index (χ3v) is 8.09. The van der Waals surface area contributed by atoms with E-state index in [0.717, 1.165) is 50.8 Å². The number of para-hydroxylation sites is 1. The predicted octanol–water partition coefficient (Wildman–Crippen LogP) is 5.33. The molecule has 1 fully saturated rings. The van der Waals surface area contributed by atoms with E-state index in [-0.39, 0.29) is 17.1 Å². The number of nitrogens with two attached hydrogens (primary N) is 1. The topological polar surface area (TPSA) is 71.7 Å². The summed E-state index contributed by atoms with van der Waals surface area (Å²) < 4.78 is 20.9. The molecule has 0 aliphatic carbocycles. The SMILES string of the molecule is Nc1cc(C(=O)N2CCC3(CCCCc4ccccc4OCCN(Cc4ccccc4F)C3)CC2)ccn1. The maximum Gasteiger partial charge on any atom is 0.254 e. The number of pyridine rings is 1. The Morgan fingerprint density at radius 2 is 1.79 bits per heavy atom. The molecule has 2 aromatic carbocycles. The molecule has 5 rings (SSSR count). The predicted molar refractivity (Wildman–Crippen MR) is 147 cm³/mol. The molecule has 2 N–H and O–H groups in total. The lowest BCUT2D eigenvalue weighted by Crippen LogP contribution is -2.48. The Hall–Kier alpha value is -3.45. The summed E-state index contributed by atoms with van der Waals surface area (Å²) in [5, 5.41) is 0. The summed E-state index contributed by atoms with van der Waals surface area (Å²) in [6.07, 6.45) is 7.72. The van der Waals surface area contributed by atoms with Gasteiger partial charge in [0.05, 0.1) is 0 Å². The van der Waals surface area contributed by atoms with E-state index in [0.29, 0.717) is 49.7 Å². The van der Waals surface area contributed by atoms with Crippen LogP contribution in [0.5, 0.6) is 5.75 Å². The van der Waals surface area contributed by atoms with Gasteiger partial charge in [0.25, 0.3) is 5.91 Å². The number of carbonyl (C=O) groups is 1. The molecule has 3 aromatic rings. The van der Waals surface area contributed by atoms with Gasteiger partial charge in [-0.05, 0) is 67.3 Å². The molecular weight excluding hydrogens is 479 g/mol. The highest BCUT2D eigenvalue weighted by molar-refractivity contribution is 5.94. The van der Waals surface area contributed by atoms with Gasteiger partial charge in [-0.15, -0.1) is 0 Å². The zero-order valence-electron chi connectivity index (χ0n) is 21.9. The quantitative estimate of drug-likeness (QED) is 0.509. The van der Waals surface area contributed by atoms with Gasteiger partial charge in [-0.3, -0.25) is 9.69 Å². The van der Waals surface area contributed by atoms with Crippen LogP contribution in [0.25, 0.3) is 0 Å². The van der Waals surface area contributed by atoms with E-state index in [1.165, 1.54) is 11.6 Å². The van der Waals surface area contributed by atoms with Crippen molar-refractivity contribution in [3.05, 3.63) is 89.4 Å². The van der Waals surface area contributed by atoms with Crippen LogP contribution in [0.4, 0.5) is 10.2 Å². The molecule has 1 amide bonds. The first-order valence-electron chi connectivity index (χ1n) is 13.7. The van der Waals surface area contributed by atoms with Crippen molar-refractivity contribution in [1.29, 1.82) is 0 Å². The summed E-state index contributed by atoms with van der Waals surface area (Å²) in [5.74, 6) is 1.15. The lowest BCUT2D eigenvalue weighted by Gasteiger charge is -2.45.